The average molecular weight is 359 g/mol. The van der Waals surface area contributed by atoms with E-state index in [1.54, 1.807) is 0 Å². The van der Waals surface area contributed by atoms with Crippen LogP contribution in [0.3, 0.4) is 0 Å². The molecule has 0 amide bonds. The van der Waals surface area contributed by atoms with Gasteiger partial charge in [-0.25, -0.2) is 18.7 Å². The Bertz CT molecular complexity index is 1060. The summed E-state index contributed by atoms with van der Waals surface area (Å²) in [5.41, 5.74) is -0.810. The van der Waals surface area contributed by atoms with Crippen molar-refractivity contribution in [2.75, 3.05) is 32.5 Å². The normalized spacial score (nSPS) is 11.3. The van der Waals surface area contributed by atoms with Gasteiger partial charge in [-0.1, -0.05) is 0 Å². The second kappa shape index (κ2) is 7.00. The summed E-state index contributed by atoms with van der Waals surface area (Å²) < 4.78 is 15.3. The molecule has 0 spiro atoms. The van der Waals surface area contributed by atoms with Crippen molar-refractivity contribution >= 4 is 17.1 Å². The van der Waals surface area contributed by atoms with E-state index < -0.39 is 17.1 Å². The molecule has 2 heterocycles. The zero-order valence-corrected chi connectivity index (χ0v) is 14.6. The first-order valence-electron chi connectivity index (χ1n) is 7.89. The molecule has 0 aliphatic heterocycles. The minimum absolute atomic E-state index is 0.00113. The smallest absolute Gasteiger partial charge is 0.337 e. The van der Waals surface area contributed by atoms with E-state index in [2.05, 4.69) is 20.5 Å². The molecule has 0 radical (unpaired) electrons. The van der Waals surface area contributed by atoms with Crippen molar-refractivity contribution in [2.45, 2.75) is 0 Å². The maximum atomic E-state index is 13.2. The largest absolute Gasteiger partial charge is 0.352 e. The number of anilines is 1. The minimum Gasteiger partial charge on any atom is -0.352 e. The lowest BCUT2D eigenvalue weighted by molar-refractivity contribution is 0.425. The Morgan fingerprint density at radius 2 is 1.85 bits per heavy atom. The molecule has 3 rings (SSSR count). The molecule has 0 unspecified atom stereocenters. The van der Waals surface area contributed by atoms with Gasteiger partial charge in [-0.05, 0) is 38.4 Å². The summed E-state index contributed by atoms with van der Waals surface area (Å²) >= 11 is 0. The quantitative estimate of drug-likeness (QED) is 0.684. The number of nitrogens with zero attached hydrogens (tertiary/aromatic N) is 6. The molecule has 0 bridgehead atoms. The van der Waals surface area contributed by atoms with Crippen molar-refractivity contribution in [1.29, 1.82) is 0 Å². The van der Waals surface area contributed by atoms with E-state index in [1.807, 2.05) is 19.0 Å². The van der Waals surface area contributed by atoms with Crippen LogP contribution in [-0.4, -0.2) is 56.4 Å². The maximum Gasteiger partial charge on any atom is 0.337 e. The van der Waals surface area contributed by atoms with Crippen LogP contribution in [0, 0.1) is 5.82 Å². The minimum atomic E-state index is -0.612. The third kappa shape index (κ3) is 3.31. The highest BCUT2D eigenvalue weighted by Gasteiger charge is 2.16. The number of hydrogen-bond donors (Lipinski definition) is 1. The van der Waals surface area contributed by atoms with E-state index in [0.29, 0.717) is 12.2 Å². The lowest BCUT2D eigenvalue weighted by atomic mass is 10.3. The lowest BCUT2D eigenvalue weighted by Gasteiger charge is -2.12. The summed E-state index contributed by atoms with van der Waals surface area (Å²) in [7, 11) is 5.21. The Labute approximate surface area is 147 Å². The van der Waals surface area contributed by atoms with Gasteiger partial charge in [0.2, 0.25) is 5.95 Å². The number of likely N-dealkylation sites (N-methyl/N-ethyl adjacent to an activating group) is 1. The molecule has 3 aromatic rings. The van der Waals surface area contributed by atoms with Crippen LogP contribution in [0.15, 0.2) is 33.9 Å². The van der Waals surface area contributed by atoms with Gasteiger partial charge in [0.15, 0.2) is 11.2 Å². The van der Waals surface area contributed by atoms with E-state index in [4.69, 9.17) is 0 Å². The molecule has 0 atom stereocenters. The Morgan fingerprint density at radius 1 is 1.15 bits per heavy atom. The highest BCUT2D eigenvalue weighted by molar-refractivity contribution is 5.71. The van der Waals surface area contributed by atoms with Crippen molar-refractivity contribution in [3.05, 3.63) is 50.9 Å². The zero-order valence-electron chi connectivity index (χ0n) is 14.6. The molecule has 0 saturated carbocycles. The van der Waals surface area contributed by atoms with Crippen LogP contribution in [0.25, 0.3) is 16.9 Å². The summed E-state index contributed by atoms with van der Waals surface area (Å²) in [5, 5.41) is 10.9. The predicted molar refractivity (Wildman–Crippen MR) is 95.2 cm³/mol. The second-order valence-electron chi connectivity index (χ2n) is 6.00. The Balaban J connectivity index is 2.15. The standard InChI is InChI=1S/C16H18FN7O2/c1-22(2)9-8-18-15-19-12-13(20-21-15)24(16(26)23(3)14(12)25)11-6-4-10(17)5-7-11/h4-7H,8-9H2,1-3H3,(H,18,19,21). The molecule has 9 nitrogen and oxygen atoms in total. The highest BCUT2D eigenvalue weighted by atomic mass is 19.1. The summed E-state index contributed by atoms with van der Waals surface area (Å²) in [6.07, 6.45) is 0. The molecule has 1 aromatic carbocycles. The van der Waals surface area contributed by atoms with Gasteiger partial charge in [-0.3, -0.25) is 9.36 Å². The topological polar surface area (TPSA) is 97.9 Å². The predicted octanol–water partition coefficient (Wildman–Crippen LogP) is -0.0130. The van der Waals surface area contributed by atoms with Crippen LogP contribution in [-0.2, 0) is 7.05 Å². The lowest BCUT2D eigenvalue weighted by Crippen LogP contribution is -2.38. The van der Waals surface area contributed by atoms with E-state index in [0.717, 1.165) is 11.1 Å². The van der Waals surface area contributed by atoms with Crippen LogP contribution in [0.2, 0.25) is 0 Å². The van der Waals surface area contributed by atoms with Crippen LogP contribution < -0.4 is 16.6 Å². The number of halogens is 1. The molecule has 136 valence electrons. The van der Waals surface area contributed by atoms with Gasteiger partial charge in [0.05, 0.1) is 5.69 Å². The van der Waals surface area contributed by atoms with Crippen LogP contribution >= 0.6 is 0 Å². The molecule has 0 aliphatic carbocycles. The Morgan fingerprint density at radius 3 is 2.50 bits per heavy atom. The fourth-order valence-corrected chi connectivity index (χ4v) is 2.39. The molecule has 1 N–H and O–H groups in total. The van der Waals surface area contributed by atoms with E-state index in [9.17, 15) is 14.0 Å². The molecule has 0 saturated heterocycles. The molecule has 26 heavy (non-hydrogen) atoms. The summed E-state index contributed by atoms with van der Waals surface area (Å²) in [6.45, 7) is 1.31. The fourth-order valence-electron chi connectivity index (χ4n) is 2.39. The summed E-state index contributed by atoms with van der Waals surface area (Å²) in [4.78, 5) is 31.2. The molecule has 2 aromatic heterocycles. The van der Waals surface area contributed by atoms with Crippen molar-refractivity contribution < 1.29 is 4.39 Å². The maximum absolute atomic E-state index is 13.2. The first-order chi connectivity index (χ1) is 12.4. The first-order valence-corrected chi connectivity index (χ1v) is 7.89. The average Bonchev–Trinajstić information content (AvgIpc) is 2.61. The molecule has 0 aliphatic rings. The van der Waals surface area contributed by atoms with Gasteiger partial charge in [-0.2, -0.15) is 0 Å². The van der Waals surface area contributed by atoms with E-state index in [1.165, 1.54) is 35.9 Å². The SMILES string of the molecule is CN(C)CCNc1nnc2c(n1)c(=O)n(C)c(=O)n2-c1ccc(F)cc1. The van der Waals surface area contributed by atoms with Gasteiger partial charge in [0, 0.05) is 20.1 Å². The van der Waals surface area contributed by atoms with Crippen molar-refractivity contribution in [3.63, 3.8) is 0 Å². The summed E-state index contributed by atoms with van der Waals surface area (Å²) in [6, 6.07) is 5.28. The summed E-state index contributed by atoms with van der Waals surface area (Å²) in [5.74, 6) is -0.242. The number of rotatable bonds is 5. The molecule has 10 heteroatoms. The molecular weight excluding hydrogens is 341 g/mol. The van der Waals surface area contributed by atoms with Crippen molar-refractivity contribution in [1.82, 2.24) is 29.2 Å². The van der Waals surface area contributed by atoms with Crippen molar-refractivity contribution in [2.24, 2.45) is 7.05 Å². The van der Waals surface area contributed by atoms with E-state index >= 15 is 0 Å². The third-order valence-electron chi connectivity index (χ3n) is 3.79. The number of hydrogen-bond acceptors (Lipinski definition) is 7. The van der Waals surface area contributed by atoms with Crippen LogP contribution in [0.1, 0.15) is 0 Å². The van der Waals surface area contributed by atoms with Crippen molar-refractivity contribution in [3.8, 4) is 5.69 Å². The van der Waals surface area contributed by atoms with Crippen LogP contribution in [0.5, 0.6) is 0 Å². The highest BCUT2D eigenvalue weighted by Crippen LogP contribution is 2.12. The Hall–Kier alpha value is -3.14. The van der Waals surface area contributed by atoms with Gasteiger partial charge in [0.1, 0.15) is 5.82 Å². The van der Waals surface area contributed by atoms with E-state index in [-0.39, 0.29) is 17.1 Å². The first kappa shape index (κ1) is 17.7. The second-order valence-corrected chi connectivity index (χ2v) is 6.00. The van der Waals surface area contributed by atoms with Gasteiger partial charge < -0.3 is 10.2 Å². The number of fused-ring (bicyclic) bond motifs is 1. The molecule has 0 fully saturated rings. The number of aromatic nitrogens is 5. The third-order valence-corrected chi connectivity index (χ3v) is 3.79. The van der Waals surface area contributed by atoms with Gasteiger partial charge in [0.25, 0.3) is 5.56 Å². The van der Waals surface area contributed by atoms with Gasteiger partial charge >= 0.3 is 5.69 Å². The van der Waals surface area contributed by atoms with Crippen LogP contribution in [0.4, 0.5) is 10.3 Å². The zero-order chi connectivity index (χ0) is 18.8. The van der Waals surface area contributed by atoms with Gasteiger partial charge in [-0.15, -0.1) is 10.2 Å². The number of benzene rings is 1. The fraction of sp³-hybridized carbons (Fsp3) is 0.312. The Kier molecular flexibility index (Phi) is 4.76. The monoisotopic (exact) mass is 359 g/mol. The molecular formula is C16H18FN7O2. The number of nitrogens with one attached hydrogen (secondary N) is 1.